The highest BCUT2D eigenvalue weighted by Gasteiger charge is 2.11. The van der Waals surface area contributed by atoms with E-state index in [1.54, 1.807) is 24.0 Å². The number of allylic oxidation sites excluding steroid dienone is 3. The average Bonchev–Trinajstić information content (AvgIpc) is 2.24. The van der Waals surface area contributed by atoms with Crippen LogP contribution in [0.4, 0.5) is 0 Å². The molecule has 5 heteroatoms. The number of hydrogen-bond donors (Lipinski definition) is 3. The standard InChI is InChI=1S/C11H19NO4/c1-2-3-4-10(11(15)16)9-12(5-7-13)6-8-14/h2-4,13-14H,5-9H2,1H3,(H,15,16)/b3-2-,10-4-. The Kier molecular flexibility index (Phi) is 8.42. The lowest BCUT2D eigenvalue weighted by atomic mass is 10.2. The highest BCUT2D eigenvalue weighted by atomic mass is 16.4. The molecule has 16 heavy (non-hydrogen) atoms. The fourth-order valence-corrected chi connectivity index (χ4v) is 1.20. The van der Waals surface area contributed by atoms with Gasteiger partial charge in [0.05, 0.1) is 18.8 Å². The number of carboxylic acids is 1. The van der Waals surface area contributed by atoms with E-state index >= 15 is 0 Å². The summed E-state index contributed by atoms with van der Waals surface area (Å²) in [5.41, 5.74) is 0.236. The number of rotatable bonds is 8. The molecule has 3 N–H and O–H groups in total. The van der Waals surface area contributed by atoms with E-state index in [9.17, 15) is 4.79 Å². The third-order valence-electron chi connectivity index (χ3n) is 1.99. The maximum absolute atomic E-state index is 10.9. The van der Waals surface area contributed by atoms with Crippen LogP contribution >= 0.6 is 0 Å². The Morgan fingerprint density at radius 1 is 1.25 bits per heavy atom. The van der Waals surface area contributed by atoms with Crippen LogP contribution in [0.5, 0.6) is 0 Å². The first-order valence-corrected chi connectivity index (χ1v) is 5.15. The van der Waals surface area contributed by atoms with Crippen molar-refractivity contribution in [2.24, 2.45) is 0 Å². The van der Waals surface area contributed by atoms with Crippen LogP contribution in [0, 0.1) is 0 Å². The Morgan fingerprint density at radius 3 is 2.19 bits per heavy atom. The molecule has 0 aromatic rings. The number of aliphatic carboxylic acids is 1. The maximum Gasteiger partial charge on any atom is 0.332 e. The lowest BCUT2D eigenvalue weighted by Crippen LogP contribution is -2.33. The topological polar surface area (TPSA) is 81.0 Å². The SMILES string of the molecule is C/C=C\C=C(\CN(CCO)CCO)C(=O)O. The van der Waals surface area contributed by atoms with E-state index in [2.05, 4.69) is 0 Å². The van der Waals surface area contributed by atoms with Gasteiger partial charge in [-0.25, -0.2) is 4.79 Å². The minimum Gasteiger partial charge on any atom is -0.478 e. The van der Waals surface area contributed by atoms with Crippen molar-refractivity contribution < 1.29 is 20.1 Å². The van der Waals surface area contributed by atoms with Crippen molar-refractivity contribution >= 4 is 5.97 Å². The van der Waals surface area contributed by atoms with Crippen LogP contribution in [-0.2, 0) is 4.79 Å². The predicted octanol–water partition coefficient (Wildman–Crippen LogP) is -0.140. The largest absolute Gasteiger partial charge is 0.478 e. The van der Waals surface area contributed by atoms with E-state index in [-0.39, 0.29) is 25.3 Å². The first-order valence-electron chi connectivity index (χ1n) is 5.15. The molecule has 0 radical (unpaired) electrons. The summed E-state index contributed by atoms with van der Waals surface area (Å²) in [5.74, 6) is -0.987. The van der Waals surface area contributed by atoms with Gasteiger partial charge in [-0.05, 0) is 6.92 Å². The Morgan fingerprint density at radius 2 is 1.81 bits per heavy atom. The molecule has 0 aromatic heterocycles. The second kappa shape index (κ2) is 9.08. The molecule has 92 valence electrons. The first-order chi connectivity index (χ1) is 7.65. The van der Waals surface area contributed by atoms with Crippen LogP contribution in [0.3, 0.4) is 0 Å². The van der Waals surface area contributed by atoms with E-state index in [4.69, 9.17) is 15.3 Å². The summed E-state index contributed by atoms with van der Waals surface area (Å²) >= 11 is 0. The van der Waals surface area contributed by atoms with Crippen molar-refractivity contribution in [3.05, 3.63) is 23.8 Å². The number of nitrogens with zero attached hydrogens (tertiary/aromatic N) is 1. The van der Waals surface area contributed by atoms with Gasteiger partial charge in [-0.2, -0.15) is 0 Å². The second-order valence-corrected chi connectivity index (χ2v) is 3.25. The molecule has 0 rings (SSSR count). The fraction of sp³-hybridized carbons (Fsp3) is 0.545. The number of aliphatic hydroxyl groups excluding tert-OH is 2. The third-order valence-corrected chi connectivity index (χ3v) is 1.99. The van der Waals surface area contributed by atoms with Gasteiger partial charge in [0, 0.05) is 19.6 Å². The normalized spacial score (nSPS) is 12.6. The average molecular weight is 229 g/mol. The Bertz CT molecular complexity index is 255. The molecule has 0 aliphatic carbocycles. The van der Waals surface area contributed by atoms with Gasteiger partial charge < -0.3 is 15.3 Å². The zero-order valence-electron chi connectivity index (χ0n) is 9.46. The Labute approximate surface area is 95.3 Å². The van der Waals surface area contributed by atoms with E-state index in [0.29, 0.717) is 13.1 Å². The van der Waals surface area contributed by atoms with Crippen LogP contribution < -0.4 is 0 Å². The summed E-state index contributed by atoms with van der Waals surface area (Å²) in [5, 5.41) is 26.5. The van der Waals surface area contributed by atoms with Gasteiger partial charge in [-0.3, -0.25) is 4.90 Å². The van der Waals surface area contributed by atoms with Crippen LogP contribution in [0.2, 0.25) is 0 Å². The summed E-state index contributed by atoms with van der Waals surface area (Å²) < 4.78 is 0. The number of carboxylic acid groups (broad SMARTS) is 1. The fourth-order valence-electron chi connectivity index (χ4n) is 1.20. The number of hydrogen-bond acceptors (Lipinski definition) is 4. The molecule has 0 heterocycles. The highest BCUT2D eigenvalue weighted by Crippen LogP contribution is 2.00. The summed E-state index contributed by atoms with van der Waals surface area (Å²) in [6.07, 6.45) is 4.91. The van der Waals surface area contributed by atoms with Crippen LogP contribution in [0.1, 0.15) is 6.92 Å². The van der Waals surface area contributed by atoms with Crippen molar-refractivity contribution in [1.29, 1.82) is 0 Å². The van der Waals surface area contributed by atoms with Crippen molar-refractivity contribution in [2.45, 2.75) is 6.92 Å². The quantitative estimate of drug-likeness (QED) is 0.399. The predicted molar refractivity (Wildman–Crippen MR) is 61.1 cm³/mol. The molecule has 0 amide bonds. The maximum atomic E-state index is 10.9. The lowest BCUT2D eigenvalue weighted by Gasteiger charge is -2.20. The minimum absolute atomic E-state index is 0.0590. The molecule has 0 atom stereocenters. The third kappa shape index (κ3) is 6.34. The van der Waals surface area contributed by atoms with Gasteiger partial charge in [0.1, 0.15) is 0 Å². The molecule has 0 saturated heterocycles. The molecular weight excluding hydrogens is 210 g/mol. The van der Waals surface area contributed by atoms with Crippen LogP contribution in [0.25, 0.3) is 0 Å². The molecule has 0 aliphatic heterocycles. The monoisotopic (exact) mass is 229 g/mol. The molecule has 0 spiro atoms. The van der Waals surface area contributed by atoms with Crippen molar-refractivity contribution in [1.82, 2.24) is 4.90 Å². The zero-order valence-corrected chi connectivity index (χ0v) is 9.46. The summed E-state index contributed by atoms with van der Waals surface area (Å²) in [4.78, 5) is 12.6. The van der Waals surface area contributed by atoms with Crippen molar-refractivity contribution in [3.8, 4) is 0 Å². The Balaban J connectivity index is 4.50. The summed E-state index contributed by atoms with van der Waals surface area (Å²) in [7, 11) is 0. The molecule has 0 bridgehead atoms. The van der Waals surface area contributed by atoms with E-state index < -0.39 is 5.97 Å². The Hall–Kier alpha value is -1.17. The van der Waals surface area contributed by atoms with Crippen LogP contribution in [0.15, 0.2) is 23.8 Å². The minimum atomic E-state index is -0.987. The molecule has 0 fully saturated rings. The van der Waals surface area contributed by atoms with Gasteiger partial charge >= 0.3 is 5.97 Å². The van der Waals surface area contributed by atoms with Crippen LogP contribution in [-0.4, -0.2) is 59.0 Å². The first kappa shape index (κ1) is 14.8. The summed E-state index contributed by atoms with van der Waals surface area (Å²) in [6, 6.07) is 0. The van der Waals surface area contributed by atoms with Gasteiger partial charge in [-0.15, -0.1) is 0 Å². The highest BCUT2D eigenvalue weighted by molar-refractivity contribution is 5.87. The van der Waals surface area contributed by atoms with Gasteiger partial charge in [-0.1, -0.05) is 18.2 Å². The number of carbonyl (C=O) groups is 1. The second-order valence-electron chi connectivity index (χ2n) is 3.25. The zero-order chi connectivity index (χ0) is 12.4. The molecule has 5 nitrogen and oxygen atoms in total. The molecular formula is C11H19NO4. The van der Waals surface area contributed by atoms with Gasteiger partial charge in [0.25, 0.3) is 0 Å². The smallest absolute Gasteiger partial charge is 0.332 e. The lowest BCUT2D eigenvalue weighted by molar-refractivity contribution is -0.133. The van der Waals surface area contributed by atoms with Gasteiger partial charge in [0.2, 0.25) is 0 Å². The number of aliphatic hydroxyl groups is 2. The molecule has 0 unspecified atom stereocenters. The summed E-state index contributed by atoms with van der Waals surface area (Å²) in [6.45, 7) is 2.59. The van der Waals surface area contributed by atoms with Gasteiger partial charge in [0.15, 0.2) is 0 Å². The van der Waals surface area contributed by atoms with E-state index in [1.165, 1.54) is 6.08 Å². The van der Waals surface area contributed by atoms with Crippen molar-refractivity contribution in [2.75, 3.05) is 32.8 Å². The van der Waals surface area contributed by atoms with Crippen molar-refractivity contribution in [3.63, 3.8) is 0 Å². The molecule has 0 saturated carbocycles. The van der Waals surface area contributed by atoms with E-state index in [0.717, 1.165) is 0 Å². The molecule has 0 aromatic carbocycles. The molecule has 0 aliphatic rings. The van der Waals surface area contributed by atoms with E-state index in [1.807, 2.05) is 0 Å².